The van der Waals surface area contributed by atoms with Gasteiger partial charge in [0.2, 0.25) is 11.8 Å². The summed E-state index contributed by atoms with van der Waals surface area (Å²) >= 11 is 0. The van der Waals surface area contributed by atoms with Crippen molar-refractivity contribution in [1.82, 2.24) is 15.6 Å². The van der Waals surface area contributed by atoms with Crippen LogP contribution in [0.2, 0.25) is 0 Å². The molecule has 2 atom stereocenters. The number of methoxy groups -OCH3 is 1. The van der Waals surface area contributed by atoms with Crippen LogP contribution in [0.25, 0.3) is 10.9 Å². The predicted molar refractivity (Wildman–Crippen MR) is 213 cm³/mol. The van der Waals surface area contributed by atoms with Gasteiger partial charge in [-0.25, -0.2) is 4.79 Å². The summed E-state index contributed by atoms with van der Waals surface area (Å²) in [4.78, 5) is 56.8. The molecular weight excluding hydrogens is 695 g/mol. The van der Waals surface area contributed by atoms with E-state index in [0.29, 0.717) is 37.9 Å². The molecule has 0 radical (unpaired) electrons. The Morgan fingerprint density at radius 3 is 2.31 bits per heavy atom. The lowest BCUT2D eigenvalue weighted by Crippen LogP contribution is -2.50. The van der Waals surface area contributed by atoms with Gasteiger partial charge in [-0.15, -0.1) is 0 Å². The molecule has 0 aliphatic carbocycles. The Labute approximate surface area is 323 Å². The first-order chi connectivity index (χ1) is 26.8. The number of hydrogen-bond acceptors (Lipinski definition) is 7. The molecule has 0 fully saturated rings. The maximum Gasteiger partial charge on any atom is 0.338 e. The summed E-state index contributed by atoms with van der Waals surface area (Å²) in [5, 5.41) is 6.96. The van der Waals surface area contributed by atoms with Gasteiger partial charge in [-0.1, -0.05) is 86.1 Å². The Hall–Kier alpha value is -5.90. The summed E-state index contributed by atoms with van der Waals surface area (Å²) in [6.45, 7) is 2.77. The minimum absolute atomic E-state index is 0.0797. The van der Waals surface area contributed by atoms with Crippen molar-refractivity contribution in [3.05, 3.63) is 137 Å². The largest absolute Gasteiger partial charge is 0.497 e. The number of carbonyl (C=O) groups excluding carboxylic acids is 4. The molecule has 10 heteroatoms. The van der Waals surface area contributed by atoms with Crippen LogP contribution in [-0.2, 0) is 49.7 Å². The normalized spacial score (nSPS) is 12.0. The highest BCUT2D eigenvalue weighted by molar-refractivity contribution is 5.91. The molecule has 3 N–H and O–H groups in total. The number of H-pyrrole nitrogens is 1. The van der Waals surface area contributed by atoms with Gasteiger partial charge in [-0.3, -0.25) is 14.4 Å². The Kier molecular flexibility index (Phi) is 15.5. The van der Waals surface area contributed by atoms with E-state index in [1.807, 2.05) is 98.0 Å². The fraction of sp³-hybridized carbons (Fsp3) is 0.333. The lowest BCUT2D eigenvalue weighted by Gasteiger charge is -2.22. The van der Waals surface area contributed by atoms with Crippen molar-refractivity contribution in [2.45, 2.75) is 70.9 Å². The molecule has 1 aromatic heterocycles. The van der Waals surface area contributed by atoms with Gasteiger partial charge in [0.15, 0.2) is 0 Å². The summed E-state index contributed by atoms with van der Waals surface area (Å²) in [6, 6.07) is 31.3. The van der Waals surface area contributed by atoms with Crippen LogP contribution in [0.4, 0.5) is 0 Å². The monoisotopic (exact) mass is 745 g/mol. The smallest absolute Gasteiger partial charge is 0.338 e. The summed E-state index contributed by atoms with van der Waals surface area (Å²) in [7, 11) is 1.62. The van der Waals surface area contributed by atoms with Crippen LogP contribution in [0.1, 0.15) is 71.6 Å². The minimum Gasteiger partial charge on any atom is -0.497 e. The number of esters is 2. The van der Waals surface area contributed by atoms with Gasteiger partial charge in [-0.2, -0.15) is 0 Å². The van der Waals surface area contributed by atoms with Crippen molar-refractivity contribution < 1.29 is 33.4 Å². The van der Waals surface area contributed by atoms with Crippen molar-refractivity contribution in [2.24, 2.45) is 5.92 Å². The second-order valence-corrected chi connectivity index (χ2v) is 13.6. The van der Waals surface area contributed by atoms with Crippen LogP contribution in [0.5, 0.6) is 5.75 Å². The van der Waals surface area contributed by atoms with Crippen molar-refractivity contribution in [2.75, 3.05) is 20.3 Å². The summed E-state index contributed by atoms with van der Waals surface area (Å²) < 4.78 is 16.2. The van der Waals surface area contributed by atoms with E-state index in [1.165, 1.54) is 0 Å². The Morgan fingerprint density at radius 1 is 0.764 bits per heavy atom. The zero-order valence-corrected chi connectivity index (χ0v) is 31.7. The molecule has 0 saturated heterocycles. The fourth-order valence-electron chi connectivity index (χ4n) is 6.39. The van der Waals surface area contributed by atoms with Gasteiger partial charge in [0, 0.05) is 36.0 Å². The van der Waals surface area contributed by atoms with Crippen molar-refractivity contribution in [3.63, 3.8) is 0 Å². The number of ether oxygens (including phenoxy) is 3. The zero-order valence-electron chi connectivity index (χ0n) is 31.7. The SMILES string of the molecule is CCCCOC(=O)C[C@@H](CCCc1ccc(OC)cc1)C(=O)N[C@@H](Cc1c[nH]c2ccccc12)C(=O)NCCc1cccc(C(=O)OCc2ccccc2)c1. The number of hydrogen-bond donors (Lipinski definition) is 3. The molecule has 288 valence electrons. The van der Waals surface area contributed by atoms with Crippen LogP contribution < -0.4 is 15.4 Å². The van der Waals surface area contributed by atoms with E-state index in [1.54, 1.807) is 25.3 Å². The molecule has 1 heterocycles. The third-order valence-electron chi connectivity index (χ3n) is 9.54. The minimum atomic E-state index is -0.911. The molecule has 4 aromatic carbocycles. The average molecular weight is 746 g/mol. The Bertz CT molecular complexity index is 1990. The number of aryl methyl sites for hydroxylation is 1. The summed E-state index contributed by atoms with van der Waals surface area (Å²) in [6.07, 6.45) is 5.91. The van der Waals surface area contributed by atoms with Crippen LogP contribution >= 0.6 is 0 Å². The van der Waals surface area contributed by atoms with Crippen LogP contribution in [0, 0.1) is 5.92 Å². The lowest BCUT2D eigenvalue weighted by atomic mass is 9.94. The summed E-state index contributed by atoms with van der Waals surface area (Å²) in [5.41, 5.74) is 5.08. The predicted octanol–water partition coefficient (Wildman–Crippen LogP) is 7.29. The molecular formula is C45H51N3O7. The van der Waals surface area contributed by atoms with E-state index in [9.17, 15) is 19.2 Å². The number of carbonyl (C=O) groups is 4. The number of aromatic amines is 1. The number of amides is 2. The highest BCUT2D eigenvalue weighted by atomic mass is 16.5. The van der Waals surface area contributed by atoms with E-state index < -0.39 is 23.9 Å². The average Bonchev–Trinajstić information content (AvgIpc) is 3.62. The lowest BCUT2D eigenvalue weighted by molar-refractivity contribution is -0.147. The van der Waals surface area contributed by atoms with Gasteiger partial charge in [-0.05, 0) is 84.7 Å². The standard InChI is InChI=1S/C45H51N3O7/c1-3-4-26-54-42(49)29-35(16-10-14-32-20-22-38(53-2)23-21-32)43(50)48-41(28-37-30-47-40-19-9-8-18-39(37)40)44(51)46-25-24-33-15-11-17-36(27-33)45(52)55-31-34-12-6-5-7-13-34/h5-9,11-13,15,17-23,27,30,35,41,47H,3-4,10,14,16,24-26,28-29,31H2,1-2H3,(H,46,51)(H,48,50)/t35-,41+/m1/s1. The van der Waals surface area contributed by atoms with E-state index in [4.69, 9.17) is 14.2 Å². The molecule has 0 spiro atoms. The Balaban J connectivity index is 1.25. The highest BCUT2D eigenvalue weighted by Crippen LogP contribution is 2.21. The fourth-order valence-corrected chi connectivity index (χ4v) is 6.39. The molecule has 10 nitrogen and oxygen atoms in total. The second kappa shape index (κ2) is 21.1. The molecule has 0 aliphatic heterocycles. The summed E-state index contributed by atoms with van der Waals surface area (Å²) in [5.74, 6) is -1.49. The van der Waals surface area contributed by atoms with Crippen LogP contribution in [0.3, 0.4) is 0 Å². The third kappa shape index (κ3) is 12.6. The molecule has 0 aliphatic rings. The maximum absolute atomic E-state index is 14.0. The topological polar surface area (TPSA) is 136 Å². The number of para-hydroxylation sites is 1. The molecule has 0 saturated carbocycles. The van der Waals surface area contributed by atoms with E-state index in [-0.39, 0.29) is 37.8 Å². The number of unbranched alkanes of at least 4 members (excludes halogenated alkanes) is 1. The zero-order chi connectivity index (χ0) is 38.8. The molecule has 2 amide bonds. The number of aromatic nitrogens is 1. The van der Waals surface area contributed by atoms with E-state index in [2.05, 4.69) is 15.6 Å². The maximum atomic E-state index is 14.0. The van der Waals surface area contributed by atoms with Crippen LogP contribution in [-0.4, -0.2) is 55.0 Å². The molecule has 5 aromatic rings. The van der Waals surface area contributed by atoms with Gasteiger partial charge in [0.25, 0.3) is 0 Å². The van der Waals surface area contributed by atoms with Gasteiger partial charge in [0.05, 0.1) is 25.7 Å². The first-order valence-corrected chi connectivity index (χ1v) is 19.0. The van der Waals surface area contributed by atoms with Crippen molar-refractivity contribution >= 4 is 34.7 Å². The first-order valence-electron chi connectivity index (χ1n) is 19.0. The first kappa shape index (κ1) is 40.3. The number of rotatable bonds is 21. The number of nitrogens with one attached hydrogen (secondary N) is 3. The molecule has 0 bridgehead atoms. The van der Waals surface area contributed by atoms with Crippen molar-refractivity contribution in [3.8, 4) is 5.75 Å². The van der Waals surface area contributed by atoms with Crippen LogP contribution in [0.15, 0.2) is 109 Å². The number of fused-ring (bicyclic) bond motifs is 1. The third-order valence-corrected chi connectivity index (χ3v) is 9.54. The molecule has 5 rings (SSSR count). The van der Waals surface area contributed by atoms with E-state index in [0.717, 1.165) is 51.7 Å². The Morgan fingerprint density at radius 2 is 1.53 bits per heavy atom. The molecule has 0 unspecified atom stereocenters. The van der Waals surface area contributed by atoms with E-state index >= 15 is 0 Å². The van der Waals surface area contributed by atoms with Gasteiger partial charge < -0.3 is 29.8 Å². The highest BCUT2D eigenvalue weighted by Gasteiger charge is 2.28. The quantitative estimate of drug-likeness (QED) is 0.0530. The molecule has 55 heavy (non-hydrogen) atoms. The van der Waals surface area contributed by atoms with Crippen molar-refractivity contribution in [1.29, 1.82) is 0 Å². The number of benzene rings is 4. The van der Waals surface area contributed by atoms with Gasteiger partial charge in [0.1, 0.15) is 18.4 Å². The van der Waals surface area contributed by atoms with Gasteiger partial charge >= 0.3 is 11.9 Å². The second-order valence-electron chi connectivity index (χ2n) is 13.6.